The van der Waals surface area contributed by atoms with Gasteiger partial charge < -0.3 is 21.5 Å². The van der Waals surface area contributed by atoms with Gasteiger partial charge in [-0.3, -0.25) is 4.79 Å². The van der Waals surface area contributed by atoms with E-state index in [1.54, 1.807) is 24.3 Å². The second-order valence-electron chi connectivity index (χ2n) is 8.87. The largest absolute Gasteiger partial charge is 0.508 e. The summed E-state index contributed by atoms with van der Waals surface area (Å²) < 4.78 is 13.2. The molecule has 1 heterocycles. The zero-order valence-electron chi connectivity index (χ0n) is 19.0. The Labute approximate surface area is 193 Å². The highest BCUT2D eigenvalue weighted by atomic mass is 19.1. The Balaban J connectivity index is 1.48. The van der Waals surface area contributed by atoms with Crippen LogP contribution in [-0.4, -0.2) is 23.6 Å². The third-order valence-electron chi connectivity index (χ3n) is 6.32. The molecule has 0 aromatic heterocycles. The molecule has 0 unspecified atom stereocenters. The van der Waals surface area contributed by atoms with E-state index >= 15 is 0 Å². The second-order valence-corrected chi connectivity index (χ2v) is 8.87. The van der Waals surface area contributed by atoms with E-state index in [1.807, 2.05) is 19.9 Å². The maximum absolute atomic E-state index is 13.2. The van der Waals surface area contributed by atoms with Crippen LogP contribution >= 0.6 is 0 Å². The van der Waals surface area contributed by atoms with Crippen molar-refractivity contribution in [1.29, 1.82) is 0 Å². The van der Waals surface area contributed by atoms with Crippen molar-refractivity contribution in [3.8, 4) is 5.75 Å². The van der Waals surface area contributed by atoms with Gasteiger partial charge >= 0.3 is 0 Å². The number of anilines is 1. The standard InChI is InChI=1S/C27H30FN3O2/c1-16-11-21(32)12-17(2)22(16)15-24(29)27(33)31-26-9-10-30-25-8-5-19(14-23(25)26)13-18-3-6-20(28)7-4-18/h3-8,11-12,14,24,26,30,32H,9-10,13,15,29H2,1-2H3,(H,31,33)/t24-,26-/m0/s1. The summed E-state index contributed by atoms with van der Waals surface area (Å²) in [6, 6.07) is 15.3. The number of nitrogens with one attached hydrogen (secondary N) is 2. The number of halogens is 1. The molecule has 0 bridgehead atoms. The van der Waals surface area contributed by atoms with Crippen LogP contribution < -0.4 is 16.4 Å². The van der Waals surface area contributed by atoms with Crippen molar-refractivity contribution in [3.05, 3.63) is 93.8 Å². The number of phenols is 1. The molecular formula is C27H30FN3O2. The van der Waals surface area contributed by atoms with Gasteiger partial charge in [0.15, 0.2) is 0 Å². The molecule has 0 spiro atoms. The number of carbonyl (C=O) groups excluding carboxylic acids is 1. The number of nitrogens with two attached hydrogens (primary N) is 1. The van der Waals surface area contributed by atoms with Crippen molar-refractivity contribution < 1.29 is 14.3 Å². The smallest absolute Gasteiger partial charge is 0.237 e. The third kappa shape index (κ3) is 5.34. The molecule has 3 aromatic rings. The highest BCUT2D eigenvalue weighted by Gasteiger charge is 2.25. The van der Waals surface area contributed by atoms with E-state index in [1.165, 1.54) is 12.1 Å². The third-order valence-corrected chi connectivity index (χ3v) is 6.32. The summed E-state index contributed by atoms with van der Waals surface area (Å²) in [6.07, 6.45) is 1.86. The van der Waals surface area contributed by atoms with Gasteiger partial charge in [-0.2, -0.15) is 0 Å². The molecule has 0 fully saturated rings. The van der Waals surface area contributed by atoms with Gasteiger partial charge in [-0.15, -0.1) is 0 Å². The van der Waals surface area contributed by atoms with Crippen molar-refractivity contribution in [1.82, 2.24) is 5.32 Å². The number of phenolic OH excluding ortho intramolecular Hbond substituents is 1. The molecule has 1 amide bonds. The Morgan fingerprint density at radius 3 is 2.48 bits per heavy atom. The predicted molar refractivity (Wildman–Crippen MR) is 129 cm³/mol. The molecule has 0 saturated carbocycles. The van der Waals surface area contributed by atoms with E-state index in [-0.39, 0.29) is 23.5 Å². The first-order valence-electron chi connectivity index (χ1n) is 11.3. The molecular weight excluding hydrogens is 417 g/mol. The lowest BCUT2D eigenvalue weighted by molar-refractivity contribution is -0.123. The number of hydrogen-bond acceptors (Lipinski definition) is 4. The molecule has 1 aliphatic heterocycles. The van der Waals surface area contributed by atoms with Gasteiger partial charge in [0.25, 0.3) is 0 Å². The van der Waals surface area contributed by atoms with Crippen LogP contribution in [0.3, 0.4) is 0 Å². The summed E-state index contributed by atoms with van der Waals surface area (Å²) in [6.45, 7) is 4.59. The number of fused-ring (bicyclic) bond motifs is 1. The van der Waals surface area contributed by atoms with Crippen molar-refractivity contribution >= 4 is 11.6 Å². The molecule has 3 aromatic carbocycles. The molecule has 172 valence electrons. The van der Waals surface area contributed by atoms with Crippen molar-refractivity contribution in [2.75, 3.05) is 11.9 Å². The highest BCUT2D eigenvalue weighted by molar-refractivity contribution is 5.82. The fourth-order valence-electron chi connectivity index (χ4n) is 4.55. The lowest BCUT2D eigenvalue weighted by Crippen LogP contribution is -2.44. The van der Waals surface area contributed by atoms with E-state index in [9.17, 15) is 14.3 Å². The van der Waals surface area contributed by atoms with Crippen LogP contribution in [0.4, 0.5) is 10.1 Å². The van der Waals surface area contributed by atoms with E-state index in [2.05, 4.69) is 22.8 Å². The van der Waals surface area contributed by atoms with Gasteiger partial charge in [0.1, 0.15) is 11.6 Å². The van der Waals surface area contributed by atoms with Gasteiger partial charge in [0.05, 0.1) is 12.1 Å². The number of aromatic hydroxyl groups is 1. The van der Waals surface area contributed by atoms with Gasteiger partial charge in [-0.05, 0) is 96.8 Å². The van der Waals surface area contributed by atoms with Gasteiger partial charge in [0.2, 0.25) is 5.91 Å². The van der Waals surface area contributed by atoms with Crippen LogP contribution in [0.15, 0.2) is 54.6 Å². The summed E-state index contributed by atoms with van der Waals surface area (Å²) in [5.41, 5.74) is 13.3. The summed E-state index contributed by atoms with van der Waals surface area (Å²) in [4.78, 5) is 13.0. The lowest BCUT2D eigenvalue weighted by atomic mass is 9.92. The fraction of sp³-hybridized carbons (Fsp3) is 0.296. The Hall–Kier alpha value is -3.38. The van der Waals surface area contributed by atoms with Crippen molar-refractivity contribution in [2.24, 2.45) is 5.73 Å². The minimum absolute atomic E-state index is 0.130. The van der Waals surface area contributed by atoms with Crippen LogP contribution in [0.5, 0.6) is 5.75 Å². The Kier molecular flexibility index (Phi) is 6.65. The molecule has 0 saturated heterocycles. The van der Waals surface area contributed by atoms with E-state index in [0.29, 0.717) is 12.8 Å². The highest BCUT2D eigenvalue weighted by Crippen LogP contribution is 2.31. The van der Waals surface area contributed by atoms with E-state index in [4.69, 9.17) is 5.73 Å². The molecule has 5 nitrogen and oxygen atoms in total. The summed E-state index contributed by atoms with van der Waals surface area (Å²) in [5, 5.41) is 16.3. The van der Waals surface area contributed by atoms with Gasteiger partial charge in [0, 0.05) is 12.2 Å². The van der Waals surface area contributed by atoms with Gasteiger partial charge in [-0.1, -0.05) is 24.3 Å². The molecule has 0 aliphatic carbocycles. The SMILES string of the molecule is Cc1cc(O)cc(C)c1C[C@H](N)C(=O)N[C@H]1CCNc2ccc(Cc3ccc(F)cc3)cc21. The van der Waals surface area contributed by atoms with E-state index in [0.717, 1.165) is 52.0 Å². The predicted octanol–water partition coefficient (Wildman–Crippen LogP) is 4.28. The zero-order chi connectivity index (χ0) is 23.5. The van der Waals surface area contributed by atoms with Crippen LogP contribution in [0.2, 0.25) is 0 Å². The maximum Gasteiger partial charge on any atom is 0.237 e. The molecule has 6 heteroatoms. The summed E-state index contributed by atoms with van der Waals surface area (Å²) in [7, 11) is 0. The molecule has 2 atom stereocenters. The minimum Gasteiger partial charge on any atom is -0.508 e. The summed E-state index contributed by atoms with van der Waals surface area (Å²) in [5.74, 6) is -0.219. The molecule has 33 heavy (non-hydrogen) atoms. The average molecular weight is 448 g/mol. The first kappa shape index (κ1) is 22.8. The summed E-state index contributed by atoms with van der Waals surface area (Å²) >= 11 is 0. The Bertz CT molecular complexity index is 1140. The van der Waals surface area contributed by atoms with Gasteiger partial charge in [-0.25, -0.2) is 4.39 Å². The number of rotatable bonds is 6. The minimum atomic E-state index is -0.687. The van der Waals surface area contributed by atoms with Crippen molar-refractivity contribution in [3.63, 3.8) is 0 Å². The number of hydrogen-bond donors (Lipinski definition) is 4. The van der Waals surface area contributed by atoms with Crippen LogP contribution in [0.1, 0.15) is 45.8 Å². The topological polar surface area (TPSA) is 87.4 Å². The normalized spacial score (nSPS) is 15.9. The quantitative estimate of drug-likeness (QED) is 0.454. The second kappa shape index (κ2) is 9.63. The molecule has 0 radical (unpaired) electrons. The first-order chi connectivity index (χ1) is 15.8. The molecule has 1 aliphatic rings. The number of amides is 1. The monoisotopic (exact) mass is 447 g/mol. The number of aryl methyl sites for hydroxylation is 2. The van der Waals surface area contributed by atoms with Crippen LogP contribution in [0, 0.1) is 19.7 Å². The molecule has 5 N–H and O–H groups in total. The lowest BCUT2D eigenvalue weighted by Gasteiger charge is -2.29. The average Bonchev–Trinajstić information content (AvgIpc) is 2.78. The number of carbonyl (C=O) groups is 1. The van der Waals surface area contributed by atoms with E-state index < -0.39 is 6.04 Å². The number of benzene rings is 3. The fourth-order valence-corrected chi connectivity index (χ4v) is 4.55. The van der Waals surface area contributed by atoms with Crippen LogP contribution in [-0.2, 0) is 17.6 Å². The van der Waals surface area contributed by atoms with Crippen molar-refractivity contribution in [2.45, 2.75) is 45.2 Å². The molecule has 4 rings (SSSR count). The maximum atomic E-state index is 13.2. The Morgan fingerprint density at radius 2 is 1.79 bits per heavy atom. The Morgan fingerprint density at radius 1 is 1.12 bits per heavy atom. The first-order valence-corrected chi connectivity index (χ1v) is 11.3. The zero-order valence-corrected chi connectivity index (χ0v) is 19.0. The van der Waals surface area contributed by atoms with Crippen LogP contribution in [0.25, 0.3) is 0 Å².